The van der Waals surface area contributed by atoms with Crippen LogP contribution in [0.4, 0.5) is 13.2 Å². The second-order valence-corrected chi connectivity index (χ2v) is 9.59. The summed E-state index contributed by atoms with van der Waals surface area (Å²) in [6.45, 7) is 0.768. The largest absolute Gasteiger partial charge is 0.573 e. The quantitative estimate of drug-likeness (QED) is 0.608. The number of likely N-dealkylation sites (N-methyl/N-ethyl adjacent to an activating group) is 1. The van der Waals surface area contributed by atoms with Crippen LogP contribution in [0, 0.1) is 0 Å². The number of halogens is 3. The first-order valence-corrected chi connectivity index (χ1v) is 11.8. The van der Waals surface area contributed by atoms with Gasteiger partial charge >= 0.3 is 6.36 Å². The number of hydrogen-bond donors (Lipinski definition) is 0. The van der Waals surface area contributed by atoms with Gasteiger partial charge in [-0.05, 0) is 63.3 Å². The van der Waals surface area contributed by atoms with Gasteiger partial charge in [0, 0.05) is 38.3 Å². The smallest absolute Gasteiger partial charge is 0.406 e. The monoisotopic (exact) mass is 466 g/mol. The van der Waals surface area contributed by atoms with Gasteiger partial charge in [0.25, 0.3) is 0 Å². The zero-order chi connectivity index (χ0) is 23.6. The predicted octanol–water partition coefficient (Wildman–Crippen LogP) is 4.05. The molecule has 1 aromatic carbocycles. The van der Waals surface area contributed by atoms with Gasteiger partial charge in [0.2, 0.25) is 5.91 Å². The Morgan fingerprint density at radius 2 is 1.79 bits per heavy atom. The van der Waals surface area contributed by atoms with Crippen LogP contribution in [-0.2, 0) is 11.3 Å². The normalized spacial score (nSPS) is 25.9. The molecule has 0 aromatic heterocycles. The van der Waals surface area contributed by atoms with Gasteiger partial charge in [-0.1, -0.05) is 18.6 Å². The number of alkyl halides is 3. The van der Waals surface area contributed by atoms with Crippen LogP contribution in [0.1, 0.15) is 50.5 Å². The lowest BCUT2D eigenvalue weighted by Crippen LogP contribution is -2.50. The maximum Gasteiger partial charge on any atom is 0.573 e. The van der Waals surface area contributed by atoms with Crippen LogP contribution in [0.2, 0.25) is 0 Å². The Hall–Kier alpha value is -2.29. The van der Waals surface area contributed by atoms with E-state index in [0.717, 1.165) is 25.7 Å². The number of amides is 1. The summed E-state index contributed by atoms with van der Waals surface area (Å²) in [6.07, 6.45) is 4.58. The minimum atomic E-state index is -4.75. The van der Waals surface area contributed by atoms with E-state index in [9.17, 15) is 18.0 Å². The first kappa shape index (κ1) is 23.9. The summed E-state index contributed by atoms with van der Waals surface area (Å²) in [6, 6.07) is 6.71. The van der Waals surface area contributed by atoms with Gasteiger partial charge in [0.15, 0.2) is 0 Å². The molecule has 182 valence electrons. The molecule has 9 heteroatoms. The Labute approximate surface area is 193 Å². The van der Waals surface area contributed by atoms with Crippen molar-refractivity contribution in [1.82, 2.24) is 14.7 Å². The summed E-state index contributed by atoms with van der Waals surface area (Å²) in [4.78, 5) is 24.0. The average molecular weight is 467 g/mol. The summed E-state index contributed by atoms with van der Waals surface area (Å²) in [5, 5.41) is 0. The Bertz CT molecular complexity index is 850. The van der Waals surface area contributed by atoms with Crippen LogP contribution < -0.4 is 4.74 Å². The Morgan fingerprint density at radius 3 is 2.36 bits per heavy atom. The molecular weight excluding hydrogens is 433 g/mol. The lowest BCUT2D eigenvalue weighted by atomic mass is 9.85. The third-order valence-corrected chi connectivity index (χ3v) is 7.29. The van der Waals surface area contributed by atoms with E-state index in [2.05, 4.69) is 21.7 Å². The Morgan fingerprint density at radius 1 is 1.12 bits per heavy atom. The van der Waals surface area contributed by atoms with Crippen molar-refractivity contribution in [2.75, 3.05) is 20.6 Å². The fourth-order valence-electron chi connectivity index (χ4n) is 5.19. The molecule has 2 saturated carbocycles. The van der Waals surface area contributed by atoms with Crippen molar-refractivity contribution < 1.29 is 22.7 Å². The van der Waals surface area contributed by atoms with E-state index >= 15 is 0 Å². The molecule has 0 N–H and O–H groups in total. The third kappa shape index (κ3) is 5.99. The fourth-order valence-corrected chi connectivity index (χ4v) is 5.19. The molecule has 4 rings (SSSR count). The van der Waals surface area contributed by atoms with Crippen LogP contribution in [0.5, 0.6) is 5.75 Å². The number of carbonyl (C=O) groups is 1. The number of rotatable bonds is 7. The van der Waals surface area contributed by atoms with Gasteiger partial charge in [0.05, 0.1) is 6.34 Å². The molecule has 1 amide bonds. The van der Waals surface area contributed by atoms with Crippen molar-refractivity contribution in [2.45, 2.75) is 82.0 Å². The second-order valence-electron chi connectivity index (χ2n) is 9.59. The molecule has 1 unspecified atom stereocenters. The van der Waals surface area contributed by atoms with Gasteiger partial charge in [0.1, 0.15) is 11.8 Å². The molecule has 0 spiro atoms. The van der Waals surface area contributed by atoms with Crippen LogP contribution in [0.3, 0.4) is 0 Å². The molecule has 2 aliphatic carbocycles. The standard InChI is InChI=1S/C24H33F3N4O2/c1-29-15-22(28-16-29)23(32)31(14-17-5-3-8-21(13-17)33-24(25,26)27)20-11-9-19(10-12-20)30(2)18-6-4-7-18/h3,5,8,13,16,18-20,22H,4,6-7,9-12,14-15H2,1-2H3/t19-,20+,22?. The van der Waals surface area contributed by atoms with E-state index in [0.29, 0.717) is 24.2 Å². The minimum Gasteiger partial charge on any atom is -0.406 e. The fraction of sp³-hybridized carbons (Fsp3) is 0.667. The molecule has 1 heterocycles. The van der Waals surface area contributed by atoms with Gasteiger partial charge in [-0.25, -0.2) is 0 Å². The van der Waals surface area contributed by atoms with Crippen molar-refractivity contribution >= 4 is 12.2 Å². The van der Waals surface area contributed by atoms with E-state index in [-0.39, 0.29) is 24.2 Å². The van der Waals surface area contributed by atoms with Crippen LogP contribution in [0.25, 0.3) is 0 Å². The lowest BCUT2D eigenvalue weighted by Gasteiger charge is -2.44. The molecule has 1 atom stereocenters. The van der Waals surface area contributed by atoms with E-state index < -0.39 is 12.4 Å². The Kier molecular flexibility index (Phi) is 7.16. The molecule has 0 radical (unpaired) electrons. The number of benzene rings is 1. The minimum absolute atomic E-state index is 0.0526. The van der Waals surface area contributed by atoms with Gasteiger partial charge < -0.3 is 19.4 Å². The number of aliphatic imine (C=N–C) groups is 1. The highest BCUT2D eigenvalue weighted by Gasteiger charge is 2.37. The number of nitrogens with zero attached hydrogens (tertiary/aromatic N) is 4. The molecule has 33 heavy (non-hydrogen) atoms. The summed E-state index contributed by atoms with van der Waals surface area (Å²) in [5.74, 6) is -0.328. The highest BCUT2D eigenvalue weighted by atomic mass is 19.4. The van der Waals surface area contributed by atoms with Crippen molar-refractivity contribution in [3.05, 3.63) is 29.8 Å². The lowest BCUT2D eigenvalue weighted by molar-refractivity contribution is -0.274. The second kappa shape index (κ2) is 9.91. The number of hydrogen-bond acceptors (Lipinski definition) is 5. The zero-order valence-electron chi connectivity index (χ0n) is 19.3. The summed E-state index contributed by atoms with van der Waals surface area (Å²) in [5.41, 5.74) is 0.620. The highest BCUT2D eigenvalue weighted by molar-refractivity contribution is 5.85. The van der Waals surface area contributed by atoms with Crippen molar-refractivity contribution in [1.29, 1.82) is 0 Å². The summed E-state index contributed by atoms with van der Waals surface area (Å²) >= 11 is 0. The first-order valence-electron chi connectivity index (χ1n) is 11.8. The molecule has 0 saturated heterocycles. The molecule has 0 bridgehead atoms. The van der Waals surface area contributed by atoms with Crippen molar-refractivity contribution in [2.24, 2.45) is 4.99 Å². The highest BCUT2D eigenvalue weighted by Crippen LogP contribution is 2.33. The number of ether oxygens (including phenoxy) is 1. The molecule has 1 aliphatic heterocycles. The van der Waals surface area contributed by atoms with E-state index in [4.69, 9.17) is 0 Å². The SMILES string of the molecule is CN1C=NC(C(=O)N(Cc2cccc(OC(F)(F)F)c2)[C@H]2CC[C@@H](N(C)C3CCC3)CC2)C1. The van der Waals surface area contributed by atoms with Crippen LogP contribution in [-0.4, -0.2) is 78.1 Å². The van der Waals surface area contributed by atoms with Gasteiger partial charge in [-0.2, -0.15) is 0 Å². The molecule has 6 nitrogen and oxygen atoms in total. The van der Waals surface area contributed by atoms with Crippen molar-refractivity contribution in [3.8, 4) is 5.75 Å². The average Bonchev–Trinajstić information content (AvgIpc) is 3.16. The summed E-state index contributed by atoms with van der Waals surface area (Å²) < 4.78 is 42.1. The maximum absolute atomic E-state index is 13.5. The van der Waals surface area contributed by atoms with Gasteiger partial charge in [-0.15, -0.1) is 13.2 Å². The molecular formula is C24H33F3N4O2. The van der Waals surface area contributed by atoms with Crippen LogP contribution >= 0.6 is 0 Å². The maximum atomic E-state index is 13.5. The topological polar surface area (TPSA) is 48.4 Å². The van der Waals surface area contributed by atoms with Gasteiger partial charge in [-0.3, -0.25) is 9.79 Å². The summed E-state index contributed by atoms with van der Waals surface area (Å²) in [7, 11) is 4.09. The van der Waals surface area contributed by atoms with E-state index in [1.807, 2.05) is 16.8 Å². The zero-order valence-corrected chi connectivity index (χ0v) is 19.3. The number of carbonyl (C=O) groups excluding carboxylic acids is 1. The molecule has 1 aromatic rings. The van der Waals surface area contributed by atoms with Crippen LogP contribution in [0.15, 0.2) is 29.3 Å². The molecule has 3 aliphatic rings. The molecule has 2 fully saturated rings. The first-order chi connectivity index (χ1) is 15.7. The predicted molar refractivity (Wildman–Crippen MR) is 120 cm³/mol. The van der Waals surface area contributed by atoms with Crippen molar-refractivity contribution in [3.63, 3.8) is 0 Å². The Balaban J connectivity index is 1.47. The third-order valence-electron chi connectivity index (χ3n) is 7.29. The van der Waals surface area contributed by atoms with E-state index in [1.54, 1.807) is 12.4 Å². The van der Waals surface area contributed by atoms with E-state index in [1.165, 1.54) is 37.5 Å².